The fraction of sp³-hybridized carbons (Fsp3) is 0.364. The Kier molecular flexibility index (Phi) is 8.66. The first-order valence-corrected chi connectivity index (χ1v) is 10.1. The molecule has 0 heterocycles. The molecule has 0 amide bonds. The second-order valence-electron chi connectivity index (χ2n) is 6.84. The Balaban J connectivity index is 0.00000156. The van der Waals surface area contributed by atoms with E-state index in [2.05, 4.69) is 64.1 Å². The summed E-state index contributed by atoms with van der Waals surface area (Å²) in [5.41, 5.74) is 11.8. The number of fused-ring (bicyclic) bond motifs is 1. The Hall–Kier alpha value is -0.357. The summed E-state index contributed by atoms with van der Waals surface area (Å²) in [6, 6.07) is 11.4. The molecule has 0 bridgehead atoms. The maximum atomic E-state index is 2.52. The van der Waals surface area contributed by atoms with Crippen molar-refractivity contribution in [1.29, 1.82) is 0 Å². The van der Waals surface area contributed by atoms with Gasteiger partial charge in [0.15, 0.2) is 0 Å². The Morgan fingerprint density at radius 1 is 1.00 bits per heavy atom. The van der Waals surface area contributed by atoms with Crippen molar-refractivity contribution in [2.24, 2.45) is 0 Å². The van der Waals surface area contributed by atoms with Crippen molar-refractivity contribution in [2.45, 2.75) is 50.6 Å². The van der Waals surface area contributed by atoms with Gasteiger partial charge in [-0.25, -0.2) is 0 Å². The van der Waals surface area contributed by atoms with Crippen LogP contribution in [0.25, 0.3) is 17.2 Å². The van der Waals surface area contributed by atoms with E-state index in [1.54, 1.807) is 35.9 Å². The van der Waals surface area contributed by atoms with Gasteiger partial charge in [0.05, 0.1) is 0 Å². The summed E-state index contributed by atoms with van der Waals surface area (Å²) in [7, 11) is 0. The maximum absolute atomic E-state index is 2.52. The second kappa shape index (κ2) is 9.54. The monoisotopic (exact) mass is 451 g/mol. The van der Waals surface area contributed by atoms with Crippen LogP contribution in [0.4, 0.5) is 0 Å². The van der Waals surface area contributed by atoms with Gasteiger partial charge >= 0.3 is 156 Å². The van der Waals surface area contributed by atoms with Crippen LogP contribution in [-0.4, -0.2) is 0 Å². The van der Waals surface area contributed by atoms with Crippen molar-refractivity contribution in [3.05, 3.63) is 63.7 Å². The number of hydrogen-bond donors (Lipinski definition) is 0. The molecule has 0 unspecified atom stereocenters. The molecule has 133 valence electrons. The van der Waals surface area contributed by atoms with Crippen molar-refractivity contribution >= 4 is 30.9 Å². The van der Waals surface area contributed by atoms with E-state index in [1.807, 2.05) is 0 Å². The first-order chi connectivity index (χ1) is 11.0. The molecule has 1 aliphatic rings. The quantitative estimate of drug-likeness (QED) is 0.456. The van der Waals surface area contributed by atoms with Gasteiger partial charge in [0.25, 0.3) is 0 Å². The zero-order valence-corrected chi connectivity index (χ0v) is 19.6. The van der Waals surface area contributed by atoms with E-state index in [1.165, 1.54) is 52.6 Å². The molecule has 0 saturated heterocycles. The van der Waals surface area contributed by atoms with Crippen LogP contribution in [0.1, 0.15) is 57.6 Å². The van der Waals surface area contributed by atoms with Gasteiger partial charge in [-0.05, 0) is 0 Å². The largest absolute Gasteiger partial charge is 0.147 e. The number of allylic oxidation sites excluding steroid dienone is 1. The van der Waals surface area contributed by atoms with E-state index in [-0.39, 0.29) is 24.8 Å². The molecule has 2 aromatic carbocycles. The Bertz CT molecular complexity index is 778. The normalized spacial score (nSPS) is 15.0. The molecule has 3 heteroatoms. The summed E-state index contributed by atoms with van der Waals surface area (Å²) in [6.45, 7) is 9.03. The Morgan fingerprint density at radius 3 is 2.36 bits per heavy atom. The maximum Gasteiger partial charge on any atom is -0.147 e. The molecule has 0 fully saturated rings. The van der Waals surface area contributed by atoms with E-state index in [4.69, 9.17) is 0 Å². The van der Waals surface area contributed by atoms with Crippen molar-refractivity contribution in [3.63, 3.8) is 0 Å². The number of rotatable bonds is 4. The molecule has 0 N–H and O–H groups in total. The minimum absolute atomic E-state index is 0. The Morgan fingerprint density at radius 2 is 1.72 bits per heavy atom. The summed E-state index contributed by atoms with van der Waals surface area (Å²) >= 11 is 1.63. The van der Waals surface area contributed by atoms with Gasteiger partial charge in [-0.1, -0.05) is 0 Å². The molecular formula is C22H27Cl2Zr. The van der Waals surface area contributed by atoms with Crippen LogP contribution in [0, 0.1) is 20.8 Å². The third-order valence-corrected chi connectivity index (χ3v) is 6.55. The molecule has 0 nitrogen and oxygen atoms in total. The number of benzene rings is 2. The zero-order chi connectivity index (χ0) is 16.6. The summed E-state index contributed by atoms with van der Waals surface area (Å²) in [5, 5.41) is 0. The second-order valence-corrected chi connectivity index (χ2v) is 8.26. The fourth-order valence-electron chi connectivity index (χ4n) is 3.80. The molecule has 0 aromatic heterocycles. The molecule has 0 radical (unpaired) electrons. The van der Waals surface area contributed by atoms with Crippen LogP contribution in [0.2, 0.25) is 0 Å². The molecule has 3 rings (SSSR count). The summed E-state index contributed by atoms with van der Waals surface area (Å²) in [4.78, 5) is 0. The van der Waals surface area contributed by atoms with Crippen molar-refractivity contribution in [2.75, 3.05) is 0 Å². The molecule has 0 saturated carbocycles. The Labute approximate surface area is 180 Å². The standard InChI is InChI=1S/C22H25.2ClH.Zr/c1-5-6-9-18-13-20-16(3)12-17(4)22(21(20)14-18)19-10-7-8-15(2)11-19;;;/h7-8,10-14H,5-6,9H2,1-4H3;2*1H;. The average molecular weight is 454 g/mol. The van der Waals surface area contributed by atoms with Crippen LogP contribution in [-0.2, 0) is 24.7 Å². The fourth-order valence-corrected chi connectivity index (χ4v) is 5.30. The molecule has 0 spiro atoms. The van der Waals surface area contributed by atoms with E-state index >= 15 is 0 Å². The summed E-state index contributed by atoms with van der Waals surface area (Å²) in [5.74, 6) is 0. The third kappa shape index (κ3) is 4.49. The summed E-state index contributed by atoms with van der Waals surface area (Å²) in [6.07, 6.45) is 6.36. The molecule has 2 aromatic rings. The van der Waals surface area contributed by atoms with Gasteiger partial charge in [-0.2, -0.15) is 0 Å². The minimum Gasteiger partial charge on any atom is -0.147 e. The molecular weight excluding hydrogens is 426 g/mol. The number of halogens is 2. The zero-order valence-electron chi connectivity index (χ0n) is 15.5. The number of hydrogen-bond acceptors (Lipinski definition) is 0. The van der Waals surface area contributed by atoms with Gasteiger partial charge in [0.2, 0.25) is 0 Å². The predicted molar refractivity (Wildman–Crippen MR) is 111 cm³/mol. The van der Waals surface area contributed by atoms with Crippen LogP contribution in [0.5, 0.6) is 0 Å². The number of aryl methyl sites for hydroxylation is 3. The van der Waals surface area contributed by atoms with Gasteiger partial charge in [0.1, 0.15) is 0 Å². The van der Waals surface area contributed by atoms with Crippen molar-refractivity contribution in [1.82, 2.24) is 0 Å². The van der Waals surface area contributed by atoms with E-state index in [0.29, 0.717) is 3.63 Å². The van der Waals surface area contributed by atoms with E-state index in [9.17, 15) is 0 Å². The van der Waals surface area contributed by atoms with Crippen LogP contribution < -0.4 is 0 Å². The average Bonchev–Trinajstić information content (AvgIpc) is 2.82. The van der Waals surface area contributed by atoms with Crippen molar-refractivity contribution in [3.8, 4) is 11.1 Å². The van der Waals surface area contributed by atoms with Gasteiger partial charge in [-0.3, -0.25) is 0 Å². The topological polar surface area (TPSA) is 0 Å². The van der Waals surface area contributed by atoms with Crippen LogP contribution >= 0.6 is 24.8 Å². The molecule has 25 heavy (non-hydrogen) atoms. The molecule has 1 atom stereocenters. The third-order valence-electron chi connectivity index (χ3n) is 4.93. The SMILES string of the molecule is CCCCC1=Cc2c(-c3cccc(C)c3)c(C)cc(C)c2[C@H]1[Zr].Cl.Cl. The van der Waals surface area contributed by atoms with Gasteiger partial charge < -0.3 is 0 Å². The van der Waals surface area contributed by atoms with E-state index in [0.717, 1.165) is 0 Å². The van der Waals surface area contributed by atoms with E-state index < -0.39 is 0 Å². The smallest absolute Gasteiger partial charge is 0.147 e. The molecule has 0 aliphatic heterocycles. The first-order valence-electron chi connectivity index (χ1n) is 8.65. The minimum atomic E-state index is 0. The van der Waals surface area contributed by atoms with Crippen LogP contribution in [0.15, 0.2) is 35.9 Å². The van der Waals surface area contributed by atoms with Gasteiger partial charge in [0, 0.05) is 0 Å². The van der Waals surface area contributed by atoms with Crippen molar-refractivity contribution < 1.29 is 24.7 Å². The number of unbranched alkanes of at least 4 members (excludes halogenated alkanes) is 1. The van der Waals surface area contributed by atoms with Crippen LogP contribution in [0.3, 0.4) is 0 Å². The summed E-state index contributed by atoms with van der Waals surface area (Å²) < 4.78 is 0.660. The molecule has 1 aliphatic carbocycles. The van der Waals surface area contributed by atoms with Gasteiger partial charge in [-0.15, -0.1) is 24.8 Å². The first kappa shape index (κ1) is 22.7. The predicted octanol–water partition coefficient (Wildman–Crippen LogP) is 7.30.